The Bertz CT molecular complexity index is 888. The van der Waals surface area contributed by atoms with Crippen LogP contribution in [0.4, 0.5) is 0 Å². The molecular formula is C19H21ClN4O. The Balaban J connectivity index is 1.90. The molecule has 1 amide bonds. The van der Waals surface area contributed by atoms with Crippen LogP contribution in [0.25, 0.3) is 10.9 Å². The summed E-state index contributed by atoms with van der Waals surface area (Å²) in [6.45, 7) is 1.88. The Morgan fingerprint density at radius 2 is 1.88 bits per heavy atom. The molecule has 0 atom stereocenters. The number of hydrogen-bond donors (Lipinski definition) is 1. The molecule has 0 saturated carbocycles. The minimum Gasteiger partial charge on any atom is -0.349 e. The largest absolute Gasteiger partial charge is 0.349 e. The molecule has 1 heterocycles. The van der Waals surface area contributed by atoms with Crippen LogP contribution in [0.15, 0.2) is 48.5 Å². The number of halogens is 1. The van der Waals surface area contributed by atoms with Gasteiger partial charge in [0.25, 0.3) is 5.91 Å². The third-order valence-corrected chi connectivity index (χ3v) is 4.36. The molecule has 0 spiro atoms. The minimum absolute atomic E-state index is 0.157. The zero-order valence-electron chi connectivity index (χ0n) is 14.4. The van der Waals surface area contributed by atoms with Gasteiger partial charge in [-0.05, 0) is 31.8 Å². The average molecular weight is 357 g/mol. The number of rotatable bonds is 6. The first-order chi connectivity index (χ1) is 12.1. The molecule has 0 bridgehead atoms. The van der Waals surface area contributed by atoms with Gasteiger partial charge in [-0.25, -0.2) is 0 Å². The maximum absolute atomic E-state index is 12.5. The molecule has 0 aliphatic carbocycles. The number of para-hydroxylation sites is 1. The Kier molecular flexibility index (Phi) is 5.36. The fourth-order valence-electron chi connectivity index (χ4n) is 2.68. The fourth-order valence-corrected chi connectivity index (χ4v) is 2.88. The van der Waals surface area contributed by atoms with Crippen molar-refractivity contribution in [2.45, 2.75) is 6.54 Å². The van der Waals surface area contributed by atoms with Gasteiger partial charge < -0.3 is 10.2 Å². The van der Waals surface area contributed by atoms with Gasteiger partial charge in [-0.2, -0.15) is 5.10 Å². The number of likely N-dealkylation sites (N-methyl/N-ethyl adjacent to an activating group) is 1. The number of fused-ring (bicyclic) bond motifs is 1. The Morgan fingerprint density at radius 1 is 1.16 bits per heavy atom. The van der Waals surface area contributed by atoms with E-state index in [4.69, 9.17) is 11.6 Å². The summed E-state index contributed by atoms with van der Waals surface area (Å²) in [5, 5.41) is 9.02. The Labute approximate surface area is 152 Å². The normalized spacial score (nSPS) is 11.2. The van der Waals surface area contributed by atoms with E-state index in [9.17, 15) is 4.79 Å². The maximum atomic E-state index is 12.5. The van der Waals surface area contributed by atoms with Gasteiger partial charge in [-0.15, -0.1) is 0 Å². The van der Waals surface area contributed by atoms with Gasteiger partial charge in [0.05, 0.1) is 12.1 Å². The van der Waals surface area contributed by atoms with Crippen LogP contribution in [0.3, 0.4) is 0 Å². The van der Waals surface area contributed by atoms with Crippen LogP contribution in [0.1, 0.15) is 16.1 Å². The number of carbonyl (C=O) groups is 1. The minimum atomic E-state index is -0.157. The van der Waals surface area contributed by atoms with Crippen LogP contribution in [0, 0.1) is 0 Å². The van der Waals surface area contributed by atoms with E-state index in [0.717, 1.165) is 23.0 Å². The third-order valence-electron chi connectivity index (χ3n) is 4.00. The van der Waals surface area contributed by atoms with Gasteiger partial charge in [0.1, 0.15) is 0 Å². The predicted octanol–water partition coefficient (Wildman–Crippen LogP) is 3.03. The molecule has 25 heavy (non-hydrogen) atoms. The molecule has 0 radical (unpaired) electrons. The van der Waals surface area contributed by atoms with Crippen molar-refractivity contribution in [2.75, 3.05) is 27.2 Å². The molecule has 130 valence electrons. The SMILES string of the molecule is CN(C)CCNC(=O)c1nn(Cc2ccccc2Cl)c2ccccc12. The van der Waals surface area contributed by atoms with Gasteiger partial charge in [-0.3, -0.25) is 9.48 Å². The summed E-state index contributed by atoms with van der Waals surface area (Å²) in [7, 11) is 3.94. The fraction of sp³-hybridized carbons (Fsp3) is 0.263. The molecule has 1 aromatic heterocycles. The molecule has 0 aliphatic heterocycles. The van der Waals surface area contributed by atoms with E-state index < -0.39 is 0 Å². The van der Waals surface area contributed by atoms with Crippen molar-refractivity contribution in [3.63, 3.8) is 0 Å². The summed E-state index contributed by atoms with van der Waals surface area (Å²) in [6, 6.07) is 15.4. The Morgan fingerprint density at radius 3 is 2.64 bits per heavy atom. The lowest BCUT2D eigenvalue weighted by molar-refractivity contribution is 0.0947. The summed E-state index contributed by atoms with van der Waals surface area (Å²) in [5.74, 6) is -0.157. The predicted molar refractivity (Wildman–Crippen MR) is 101 cm³/mol. The number of carbonyl (C=O) groups excluding carboxylic acids is 1. The standard InChI is InChI=1S/C19H21ClN4O/c1-23(2)12-11-21-19(25)18-15-8-4-6-10-17(15)24(22-18)13-14-7-3-5-9-16(14)20/h3-10H,11-13H2,1-2H3,(H,21,25). The highest BCUT2D eigenvalue weighted by Crippen LogP contribution is 2.22. The molecule has 0 fully saturated rings. The van der Waals surface area contributed by atoms with Crippen molar-refractivity contribution in [3.8, 4) is 0 Å². The van der Waals surface area contributed by atoms with E-state index in [1.165, 1.54) is 0 Å². The molecule has 0 saturated heterocycles. The number of hydrogen-bond acceptors (Lipinski definition) is 3. The molecule has 0 unspecified atom stereocenters. The van der Waals surface area contributed by atoms with E-state index >= 15 is 0 Å². The van der Waals surface area contributed by atoms with Crippen molar-refractivity contribution < 1.29 is 4.79 Å². The Hall–Kier alpha value is -2.37. The second-order valence-corrected chi connectivity index (χ2v) is 6.58. The second kappa shape index (κ2) is 7.68. The second-order valence-electron chi connectivity index (χ2n) is 6.17. The first-order valence-corrected chi connectivity index (χ1v) is 8.56. The third kappa shape index (κ3) is 4.00. The lowest BCUT2D eigenvalue weighted by Gasteiger charge is -2.09. The molecular weight excluding hydrogens is 336 g/mol. The highest BCUT2D eigenvalue weighted by molar-refractivity contribution is 6.31. The highest BCUT2D eigenvalue weighted by Gasteiger charge is 2.17. The van der Waals surface area contributed by atoms with E-state index in [2.05, 4.69) is 10.4 Å². The van der Waals surface area contributed by atoms with Crippen molar-refractivity contribution in [1.82, 2.24) is 20.0 Å². The summed E-state index contributed by atoms with van der Waals surface area (Å²) in [6.07, 6.45) is 0. The van der Waals surface area contributed by atoms with Gasteiger partial charge in [-0.1, -0.05) is 48.0 Å². The number of nitrogens with one attached hydrogen (secondary N) is 1. The first kappa shape index (κ1) is 17.5. The molecule has 5 nitrogen and oxygen atoms in total. The van der Waals surface area contributed by atoms with Crippen LogP contribution < -0.4 is 5.32 Å². The van der Waals surface area contributed by atoms with Crippen molar-refractivity contribution in [3.05, 3.63) is 64.8 Å². The van der Waals surface area contributed by atoms with Crippen molar-refractivity contribution in [2.24, 2.45) is 0 Å². The number of aromatic nitrogens is 2. The van der Waals surface area contributed by atoms with Gasteiger partial charge >= 0.3 is 0 Å². The van der Waals surface area contributed by atoms with E-state index in [1.807, 2.05) is 72.2 Å². The van der Waals surface area contributed by atoms with Crippen LogP contribution in [0.5, 0.6) is 0 Å². The smallest absolute Gasteiger partial charge is 0.272 e. The zero-order valence-corrected chi connectivity index (χ0v) is 15.1. The molecule has 1 N–H and O–H groups in total. The molecule has 3 rings (SSSR count). The molecule has 2 aromatic carbocycles. The van der Waals surface area contributed by atoms with Crippen LogP contribution >= 0.6 is 11.6 Å². The summed E-state index contributed by atoms with van der Waals surface area (Å²) >= 11 is 6.27. The van der Waals surface area contributed by atoms with Gasteiger partial charge in [0.15, 0.2) is 5.69 Å². The summed E-state index contributed by atoms with van der Waals surface area (Å²) in [4.78, 5) is 14.6. The van der Waals surface area contributed by atoms with E-state index in [-0.39, 0.29) is 5.91 Å². The number of amides is 1. The van der Waals surface area contributed by atoms with Crippen LogP contribution in [-0.2, 0) is 6.54 Å². The lowest BCUT2D eigenvalue weighted by atomic mass is 10.2. The highest BCUT2D eigenvalue weighted by atomic mass is 35.5. The van der Waals surface area contributed by atoms with Crippen LogP contribution in [-0.4, -0.2) is 47.8 Å². The zero-order chi connectivity index (χ0) is 17.8. The maximum Gasteiger partial charge on any atom is 0.272 e. The average Bonchev–Trinajstić information content (AvgIpc) is 2.95. The molecule has 6 heteroatoms. The number of nitrogens with zero attached hydrogens (tertiary/aromatic N) is 3. The molecule has 0 aliphatic rings. The number of benzene rings is 2. The van der Waals surface area contributed by atoms with Crippen LogP contribution in [0.2, 0.25) is 5.02 Å². The molecule has 3 aromatic rings. The summed E-state index contributed by atoms with van der Waals surface area (Å²) in [5.41, 5.74) is 2.33. The quantitative estimate of drug-likeness (QED) is 0.738. The van der Waals surface area contributed by atoms with Gasteiger partial charge in [0, 0.05) is 23.5 Å². The first-order valence-electron chi connectivity index (χ1n) is 8.18. The van der Waals surface area contributed by atoms with Crippen molar-refractivity contribution in [1.29, 1.82) is 0 Å². The van der Waals surface area contributed by atoms with Crippen molar-refractivity contribution >= 4 is 28.4 Å². The van der Waals surface area contributed by atoms with E-state index in [0.29, 0.717) is 23.8 Å². The lowest BCUT2D eigenvalue weighted by Crippen LogP contribution is -2.31. The summed E-state index contributed by atoms with van der Waals surface area (Å²) < 4.78 is 1.83. The van der Waals surface area contributed by atoms with E-state index in [1.54, 1.807) is 0 Å². The van der Waals surface area contributed by atoms with Gasteiger partial charge in [0.2, 0.25) is 0 Å². The monoisotopic (exact) mass is 356 g/mol. The topological polar surface area (TPSA) is 50.2 Å².